The van der Waals surface area contributed by atoms with Crippen molar-refractivity contribution >= 4 is 23.0 Å². The Morgan fingerprint density at radius 2 is 1.60 bits per heavy atom. The number of benzene rings is 2. The molecule has 2 aromatic heterocycles. The number of aromatic nitrogens is 2. The van der Waals surface area contributed by atoms with Crippen LogP contribution in [0, 0.1) is 20.8 Å². The summed E-state index contributed by atoms with van der Waals surface area (Å²) in [6, 6.07) is 24.6. The molecule has 0 unspecified atom stereocenters. The van der Waals surface area contributed by atoms with Crippen molar-refractivity contribution in [3.05, 3.63) is 107 Å². The highest BCUT2D eigenvalue weighted by atomic mass is 32.1. The monoisotopic (exact) mass is 482 g/mol. The fourth-order valence-electron chi connectivity index (χ4n) is 5.20. The summed E-state index contributed by atoms with van der Waals surface area (Å²) in [5.41, 5.74) is 8.12. The van der Waals surface area contributed by atoms with Gasteiger partial charge in [0.25, 0.3) is 0 Å². The Morgan fingerprint density at radius 1 is 0.886 bits per heavy atom. The number of hydrogen-bond donors (Lipinski definition) is 1. The molecule has 1 aliphatic rings. The molecule has 0 saturated carbocycles. The summed E-state index contributed by atoms with van der Waals surface area (Å²) in [5.74, 6) is 0.852. The maximum absolute atomic E-state index is 5.93. The minimum atomic E-state index is -0.0845. The van der Waals surface area contributed by atoms with Crippen molar-refractivity contribution in [2.75, 3.05) is 11.5 Å². The molecule has 1 aliphatic heterocycles. The number of anilines is 1. The third-order valence-corrected chi connectivity index (χ3v) is 7.16. The van der Waals surface area contributed by atoms with Crippen LogP contribution in [-0.2, 0) is 0 Å². The first kappa shape index (κ1) is 23.1. The van der Waals surface area contributed by atoms with E-state index in [9.17, 15) is 0 Å². The number of rotatable bonds is 6. The van der Waals surface area contributed by atoms with E-state index in [1.807, 2.05) is 37.4 Å². The van der Waals surface area contributed by atoms with Gasteiger partial charge in [0.15, 0.2) is 5.11 Å². The van der Waals surface area contributed by atoms with Crippen LogP contribution in [0.3, 0.4) is 0 Å². The Balaban J connectivity index is 1.68. The summed E-state index contributed by atoms with van der Waals surface area (Å²) >= 11 is 5.93. The van der Waals surface area contributed by atoms with Gasteiger partial charge in [-0.3, -0.25) is 4.98 Å². The van der Waals surface area contributed by atoms with Crippen LogP contribution in [0.4, 0.5) is 5.69 Å². The van der Waals surface area contributed by atoms with Crippen LogP contribution in [0.2, 0.25) is 0 Å². The lowest BCUT2D eigenvalue weighted by Crippen LogP contribution is -2.29. The SMILES string of the molecule is CCOc1ccc(N2C(=S)N[C@@H](c3ccccn3)[C@H]2c2c(C)c(C)n(-c3ccccc3)c2C)cc1. The molecule has 1 saturated heterocycles. The van der Waals surface area contributed by atoms with Gasteiger partial charge in [0.2, 0.25) is 0 Å². The first-order valence-electron chi connectivity index (χ1n) is 12.0. The molecule has 5 nitrogen and oxygen atoms in total. The minimum absolute atomic E-state index is 0.0565. The fraction of sp³-hybridized carbons (Fsp3) is 0.241. The van der Waals surface area contributed by atoms with Crippen molar-refractivity contribution in [2.45, 2.75) is 39.8 Å². The van der Waals surface area contributed by atoms with E-state index in [4.69, 9.17) is 21.9 Å². The molecule has 2 atom stereocenters. The summed E-state index contributed by atoms with van der Waals surface area (Å²) in [4.78, 5) is 6.94. The van der Waals surface area contributed by atoms with Gasteiger partial charge in [-0.05, 0) is 94.0 Å². The van der Waals surface area contributed by atoms with Crippen LogP contribution in [0.25, 0.3) is 5.69 Å². The molecule has 0 aliphatic carbocycles. The summed E-state index contributed by atoms with van der Waals surface area (Å²) < 4.78 is 8.02. The quantitative estimate of drug-likeness (QED) is 0.323. The molecule has 5 rings (SSSR count). The smallest absolute Gasteiger partial charge is 0.174 e. The van der Waals surface area contributed by atoms with Gasteiger partial charge < -0.3 is 19.5 Å². The number of nitrogens with zero attached hydrogens (tertiary/aromatic N) is 3. The normalized spacial score (nSPS) is 17.5. The molecule has 3 heterocycles. The van der Waals surface area contributed by atoms with E-state index in [2.05, 4.69) is 84.1 Å². The topological polar surface area (TPSA) is 42.3 Å². The second-order valence-electron chi connectivity index (χ2n) is 8.80. The zero-order valence-corrected chi connectivity index (χ0v) is 21.3. The van der Waals surface area contributed by atoms with E-state index in [-0.39, 0.29) is 12.1 Å². The molecule has 4 aromatic rings. The van der Waals surface area contributed by atoms with Gasteiger partial charge in [0.1, 0.15) is 5.75 Å². The highest BCUT2D eigenvalue weighted by Crippen LogP contribution is 2.45. The molecule has 0 radical (unpaired) electrons. The van der Waals surface area contributed by atoms with E-state index in [0.717, 1.165) is 22.8 Å². The zero-order valence-electron chi connectivity index (χ0n) is 20.5. The first-order valence-corrected chi connectivity index (χ1v) is 12.4. The molecule has 35 heavy (non-hydrogen) atoms. The van der Waals surface area contributed by atoms with Crippen LogP contribution in [-0.4, -0.2) is 21.3 Å². The number of nitrogens with one attached hydrogen (secondary N) is 1. The highest BCUT2D eigenvalue weighted by molar-refractivity contribution is 7.80. The number of ether oxygens (including phenoxy) is 1. The zero-order chi connectivity index (χ0) is 24.5. The summed E-state index contributed by atoms with van der Waals surface area (Å²) in [5, 5.41) is 4.28. The molecule has 1 N–H and O–H groups in total. The van der Waals surface area contributed by atoms with Gasteiger partial charge in [-0.25, -0.2) is 0 Å². The van der Waals surface area contributed by atoms with Crippen LogP contribution in [0.15, 0.2) is 79.0 Å². The van der Waals surface area contributed by atoms with Gasteiger partial charge in [-0.15, -0.1) is 0 Å². The molecule has 6 heteroatoms. The van der Waals surface area contributed by atoms with Gasteiger partial charge in [-0.2, -0.15) is 0 Å². The molecular weight excluding hydrogens is 452 g/mol. The Labute approximate surface area is 212 Å². The molecular formula is C29H30N4OS. The highest BCUT2D eigenvalue weighted by Gasteiger charge is 2.43. The molecule has 0 spiro atoms. The lowest BCUT2D eigenvalue weighted by molar-refractivity contribution is 0.340. The first-order chi connectivity index (χ1) is 17.0. The average molecular weight is 483 g/mol. The maximum Gasteiger partial charge on any atom is 0.174 e. The van der Waals surface area contributed by atoms with E-state index < -0.39 is 0 Å². The second-order valence-corrected chi connectivity index (χ2v) is 9.19. The summed E-state index contributed by atoms with van der Waals surface area (Å²) in [7, 11) is 0. The molecule has 2 aromatic carbocycles. The Kier molecular flexibility index (Phi) is 6.31. The van der Waals surface area contributed by atoms with Crippen LogP contribution >= 0.6 is 12.2 Å². The van der Waals surface area contributed by atoms with Gasteiger partial charge >= 0.3 is 0 Å². The number of para-hydroxylation sites is 1. The van der Waals surface area contributed by atoms with Crippen LogP contribution in [0.5, 0.6) is 5.75 Å². The van der Waals surface area contributed by atoms with Crippen LogP contribution < -0.4 is 15.0 Å². The Hall–Kier alpha value is -3.64. The van der Waals surface area contributed by atoms with Crippen molar-refractivity contribution in [1.29, 1.82) is 0 Å². The summed E-state index contributed by atoms with van der Waals surface area (Å²) in [6.07, 6.45) is 1.84. The van der Waals surface area contributed by atoms with Gasteiger partial charge in [0, 0.05) is 34.5 Å². The third-order valence-electron chi connectivity index (χ3n) is 6.84. The number of pyridine rings is 1. The van der Waals surface area contributed by atoms with Crippen molar-refractivity contribution < 1.29 is 4.74 Å². The minimum Gasteiger partial charge on any atom is -0.494 e. The van der Waals surface area contributed by atoms with E-state index in [1.54, 1.807) is 0 Å². The van der Waals surface area contributed by atoms with E-state index in [1.165, 1.54) is 22.5 Å². The van der Waals surface area contributed by atoms with Crippen molar-refractivity contribution in [3.63, 3.8) is 0 Å². The second kappa shape index (κ2) is 9.55. The standard InChI is InChI=1S/C29H30N4OS/c1-5-34-24-16-14-23(15-17-24)33-28(27(31-29(33)35)25-13-9-10-18-30-25)26-19(2)20(3)32(21(26)4)22-11-7-6-8-12-22/h6-18,27-28H,5H2,1-4H3,(H,31,35)/t27-,28+/m0/s1. The lowest BCUT2D eigenvalue weighted by Gasteiger charge is -2.29. The van der Waals surface area contributed by atoms with Crippen molar-refractivity contribution in [2.24, 2.45) is 0 Å². The Bertz CT molecular complexity index is 1330. The van der Waals surface area contributed by atoms with Gasteiger partial charge in [-0.1, -0.05) is 24.3 Å². The molecule has 0 amide bonds. The predicted octanol–water partition coefficient (Wildman–Crippen LogP) is 6.37. The maximum atomic E-state index is 5.93. The molecule has 178 valence electrons. The third kappa shape index (κ3) is 4.08. The largest absolute Gasteiger partial charge is 0.494 e. The van der Waals surface area contributed by atoms with Crippen molar-refractivity contribution in [1.82, 2.24) is 14.9 Å². The van der Waals surface area contributed by atoms with E-state index in [0.29, 0.717) is 11.7 Å². The Morgan fingerprint density at radius 3 is 2.26 bits per heavy atom. The van der Waals surface area contributed by atoms with E-state index >= 15 is 0 Å². The number of thiocarbonyl (C=S) groups is 1. The van der Waals surface area contributed by atoms with Crippen LogP contribution in [0.1, 0.15) is 47.2 Å². The average Bonchev–Trinajstić information content (AvgIpc) is 3.33. The number of hydrogen-bond acceptors (Lipinski definition) is 3. The predicted molar refractivity (Wildman–Crippen MR) is 146 cm³/mol. The molecule has 1 fully saturated rings. The van der Waals surface area contributed by atoms with Gasteiger partial charge in [0.05, 0.1) is 24.4 Å². The summed E-state index contributed by atoms with van der Waals surface area (Å²) in [6.45, 7) is 9.24. The lowest BCUT2D eigenvalue weighted by atomic mass is 9.93. The fourth-order valence-corrected chi connectivity index (χ4v) is 5.55. The molecule has 0 bridgehead atoms. The van der Waals surface area contributed by atoms with Crippen molar-refractivity contribution in [3.8, 4) is 11.4 Å².